The zero-order chi connectivity index (χ0) is 46.3. The van der Waals surface area contributed by atoms with Crippen LogP contribution in [0.4, 0.5) is 5.69 Å². The molecule has 16 heteroatoms. The molecule has 15 nitrogen and oxygen atoms in total. The molecule has 2 aromatic carbocycles. The maximum absolute atomic E-state index is 13.6. The number of rotatable bonds is 15. The Balaban J connectivity index is 0.923. The van der Waals surface area contributed by atoms with Gasteiger partial charge < -0.3 is 36.0 Å². The van der Waals surface area contributed by atoms with Gasteiger partial charge in [-0.1, -0.05) is 49.4 Å². The maximum atomic E-state index is 13.6. The van der Waals surface area contributed by atoms with Gasteiger partial charge in [0.05, 0.1) is 18.1 Å². The van der Waals surface area contributed by atoms with Crippen molar-refractivity contribution < 1.29 is 53.6 Å². The second kappa shape index (κ2) is 18.3. The summed E-state index contributed by atoms with van der Waals surface area (Å²) in [6.45, 7) is 7.81. The van der Waals surface area contributed by atoms with E-state index in [1.165, 1.54) is 25.6 Å². The van der Waals surface area contributed by atoms with E-state index in [4.69, 9.17) is 4.74 Å². The van der Waals surface area contributed by atoms with Gasteiger partial charge in [-0.05, 0) is 112 Å². The Labute approximate surface area is 376 Å². The van der Waals surface area contributed by atoms with E-state index in [1.54, 1.807) is 43.3 Å². The summed E-state index contributed by atoms with van der Waals surface area (Å²) in [4.78, 5) is 89.8. The Morgan fingerprint density at radius 1 is 0.922 bits per heavy atom. The number of nitrogens with one attached hydrogen (secondary N) is 3. The highest BCUT2D eigenvalue weighted by Crippen LogP contribution is 2.66. The summed E-state index contributed by atoms with van der Waals surface area (Å²) in [6, 6.07) is 12.4. The number of allylic oxidation sites excluding steroid dienone is 4. The summed E-state index contributed by atoms with van der Waals surface area (Å²) in [6.07, 6.45) is 8.10. The molecular weight excluding hydrogens is 841 g/mol. The molecule has 5 aliphatic rings. The lowest BCUT2D eigenvalue weighted by Crippen LogP contribution is -2.56. The summed E-state index contributed by atoms with van der Waals surface area (Å²) in [5, 5.41) is 41.6. The van der Waals surface area contributed by atoms with Crippen molar-refractivity contribution in [3.8, 4) is 0 Å². The number of nitrogens with zero attached hydrogens (tertiary/aromatic N) is 1. The van der Waals surface area contributed by atoms with Crippen LogP contribution in [0.15, 0.2) is 94.3 Å². The molecular formula is C48H56N4O11S. The number of hydrogen-bond acceptors (Lipinski definition) is 12. The first-order valence-electron chi connectivity index (χ1n) is 21.7. The van der Waals surface area contributed by atoms with Crippen LogP contribution < -0.4 is 16.0 Å². The van der Waals surface area contributed by atoms with E-state index in [0.717, 1.165) is 38.8 Å². The molecule has 3 fully saturated rings. The highest BCUT2D eigenvalue weighted by atomic mass is 32.2. The molecule has 2 aromatic rings. The molecule has 3 saturated carbocycles. The van der Waals surface area contributed by atoms with Gasteiger partial charge in [-0.2, -0.15) is 0 Å². The van der Waals surface area contributed by atoms with E-state index >= 15 is 0 Å². The van der Waals surface area contributed by atoms with Crippen molar-refractivity contribution in [3.05, 3.63) is 90.0 Å². The van der Waals surface area contributed by atoms with Crippen molar-refractivity contribution in [2.75, 3.05) is 18.5 Å². The van der Waals surface area contributed by atoms with Gasteiger partial charge in [0.25, 0.3) is 11.8 Å². The standard InChI is InChI=1S/C48H56N4O11S/c1-26(49-39(57)19-21-52-40(58)16-17-41(52)59)44(60)50-27(2)45(61)51-30-9-13-33(14-10-30)64-32-11-6-28(7-12-32)48(5,62)63-38-23-35-34-15-8-29-22-31(54)18-20-46(29,3)42(34)36(55)24-47(35,4)43(38)37(56)25-53/h6-7,9-14,16-18,20,22,26-27,34-36,38,42-43,53,55,62H,8,15,19,21,23-25H2,1-5H3,(H,49,57)(H,50,60)(H,51,61)/t26-,27-,34-,35-,36-,38+,42+,43-,46-,47-,48+/m0/s1. The molecule has 64 heavy (non-hydrogen) atoms. The number of aliphatic hydroxyl groups is 3. The highest BCUT2D eigenvalue weighted by molar-refractivity contribution is 7.99. The topological polar surface area (TPSA) is 229 Å². The molecule has 0 unspecified atom stereocenters. The Hall–Kier alpha value is -5.26. The van der Waals surface area contributed by atoms with Crippen LogP contribution in [0.1, 0.15) is 72.3 Å². The first kappa shape index (κ1) is 46.7. The van der Waals surface area contributed by atoms with Gasteiger partial charge in [0, 0.05) is 57.5 Å². The number of fused-ring (bicyclic) bond motifs is 5. The van der Waals surface area contributed by atoms with Crippen LogP contribution in [0.2, 0.25) is 0 Å². The Morgan fingerprint density at radius 2 is 1.55 bits per heavy atom. The first-order chi connectivity index (χ1) is 30.2. The summed E-state index contributed by atoms with van der Waals surface area (Å²) in [5.74, 6) is -5.71. The average molecular weight is 897 g/mol. The van der Waals surface area contributed by atoms with Crippen molar-refractivity contribution in [3.63, 3.8) is 0 Å². The van der Waals surface area contributed by atoms with Crippen molar-refractivity contribution in [1.29, 1.82) is 0 Å². The van der Waals surface area contributed by atoms with Crippen molar-refractivity contribution in [1.82, 2.24) is 15.5 Å². The predicted molar refractivity (Wildman–Crippen MR) is 235 cm³/mol. The fourth-order valence-corrected chi connectivity index (χ4v) is 11.8. The van der Waals surface area contributed by atoms with Crippen molar-refractivity contribution in [2.24, 2.45) is 34.5 Å². The first-order valence-corrected chi connectivity index (χ1v) is 22.5. The monoisotopic (exact) mass is 896 g/mol. The molecule has 0 bridgehead atoms. The Bertz CT molecular complexity index is 2290. The van der Waals surface area contributed by atoms with E-state index in [9.17, 15) is 48.9 Å². The maximum Gasteiger partial charge on any atom is 0.253 e. The number of anilines is 1. The average Bonchev–Trinajstić information content (AvgIpc) is 3.72. The number of Topliss-reactive ketones (excluding diaryl/α,β-unsaturated/α-hetero) is 1. The predicted octanol–water partition coefficient (Wildman–Crippen LogP) is 3.72. The van der Waals surface area contributed by atoms with Crippen LogP contribution in [-0.2, 0) is 44.1 Å². The van der Waals surface area contributed by atoms with E-state index in [1.807, 2.05) is 37.3 Å². The number of ketones is 2. The summed E-state index contributed by atoms with van der Waals surface area (Å²) in [5.41, 5.74) is 0.834. The number of carbonyl (C=O) groups excluding carboxylic acids is 7. The summed E-state index contributed by atoms with van der Waals surface area (Å²) >= 11 is 1.45. The van der Waals surface area contributed by atoms with Crippen molar-refractivity contribution >= 4 is 58.6 Å². The fourth-order valence-electron chi connectivity index (χ4n) is 10.9. The van der Waals surface area contributed by atoms with Crippen LogP contribution >= 0.6 is 11.8 Å². The van der Waals surface area contributed by atoms with Gasteiger partial charge in [0.1, 0.15) is 18.7 Å². The zero-order valence-electron chi connectivity index (χ0n) is 36.5. The van der Waals surface area contributed by atoms with Gasteiger partial charge in [0.2, 0.25) is 17.7 Å². The van der Waals surface area contributed by atoms with E-state index in [2.05, 4.69) is 22.9 Å². The minimum Gasteiger partial charge on any atom is -0.393 e. The minimum absolute atomic E-state index is 0.0240. The van der Waals surface area contributed by atoms with Gasteiger partial charge in [0.15, 0.2) is 17.4 Å². The van der Waals surface area contributed by atoms with Crippen LogP contribution in [-0.4, -0.2) is 98.8 Å². The number of imide groups is 1. The number of aliphatic hydroxyl groups excluding tert-OH is 2. The summed E-state index contributed by atoms with van der Waals surface area (Å²) < 4.78 is 6.51. The lowest BCUT2D eigenvalue weighted by Gasteiger charge is -2.58. The Morgan fingerprint density at radius 3 is 2.19 bits per heavy atom. The van der Waals surface area contributed by atoms with Gasteiger partial charge in [-0.15, -0.1) is 0 Å². The quantitative estimate of drug-likeness (QED) is 0.111. The molecule has 6 N–H and O–H groups in total. The van der Waals surface area contributed by atoms with E-state index < -0.39 is 83.0 Å². The lowest BCUT2D eigenvalue weighted by molar-refractivity contribution is -0.235. The SMILES string of the molecule is C[C@H](NC(=O)CCN1C(=O)C=CC1=O)C(=O)N[C@@H](C)C(=O)Nc1ccc(Sc2ccc([C@](C)(O)O[C@@H]3C[C@H]4[C@@H]5CCC6=CC(=O)C=C[C@]6(C)[C@H]5[C@@H](O)C[C@]4(C)[C@H]3C(=O)CO)cc2)cc1. The molecule has 1 aliphatic heterocycles. The molecule has 0 radical (unpaired) electrons. The lowest BCUT2D eigenvalue weighted by atomic mass is 9.46. The smallest absolute Gasteiger partial charge is 0.253 e. The largest absolute Gasteiger partial charge is 0.393 e. The molecule has 4 aliphatic carbocycles. The number of carbonyl (C=O) groups is 7. The van der Waals surface area contributed by atoms with Gasteiger partial charge in [-0.3, -0.25) is 38.5 Å². The van der Waals surface area contributed by atoms with E-state index in [-0.39, 0.29) is 42.3 Å². The summed E-state index contributed by atoms with van der Waals surface area (Å²) in [7, 11) is 0. The third-order valence-corrected chi connectivity index (χ3v) is 15.1. The molecule has 0 saturated heterocycles. The zero-order valence-corrected chi connectivity index (χ0v) is 37.4. The van der Waals surface area contributed by atoms with Crippen LogP contribution in [0, 0.1) is 34.5 Å². The number of benzene rings is 2. The second-order valence-electron chi connectivity index (χ2n) is 18.3. The third-order valence-electron chi connectivity index (χ3n) is 14.1. The van der Waals surface area contributed by atoms with Crippen LogP contribution in [0.3, 0.4) is 0 Å². The second-order valence-corrected chi connectivity index (χ2v) is 19.5. The molecule has 11 atom stereocenters. The fraction of sp³-hybridized carbons (Fsp3) is 0.479. The molecule has 0 aromatic heterocycles. The van der Waals surface area contributed by atoms with Gasteiger partial charge >= 0.3 is 0 Å². The number of ether oxygens (including phenoxy) is 1. The third kappa shape index (κ3) is 9.29. The number of hydrogen-bond donors (Lipinski definition) is 6. The highest BCUT2D eigenvalue weighted by Gasteiger charge is 2.65. The van der Waals surface area contributed by atoms with E-state index in [0.29, 0.717) is 30.5 Å². The minimum atomic E-state index is -1.79. The molecule has 340 valence electrons. The Kier molecular flexibility index (Phi) is 13.4. The van der Waals surface area contributed by atoms with Gasteiger partial charge in [-0.25, -0.2) is 0 Å². The van der Waals surface area contributed by atoms with Crippen LogP contribution in [0.25, 0.3) is 0 Å². The molecule has 7 rings (SSSR count). The molecule has 5 amide bonds. The normalized spacial score (nSPS) is 30.0. The molecule has 1 heterocycles. The van der Waals surface area contributed by atoms with Crippen LogP contribution in [0.5, 0.6) is 0 Å². The molecule has 0 spiro atoms. The van der Waals surface area contributed by atoms with Crippen molar-refractivity contribution in [2.45, 2.75) is 107 Å². The number of amides is 5.